The summed E-state index contributed by atoms with van der Waals surface area (Å²) in [6, 6.07) is 0.289. The van der Waals surface area contributed by atoms with Gasteiger partial charge in [0.05, 0.1) is 6.54 Å². The van der Waals surface area contributed by atoms with Crippen LogP contribution in [0.4, 0.5) is 13.2 Å². The minimum absolute atomic E-state index is 0.145. The van der Waals surface area contributed by atoms with Crippen LogP contribution < -0.4 is 5.32 Å². The molecule has 0 aromatic heterocycles. The Balaban J connectivity index is 2.42. The maximum atomic E-state index is 12.0. The van der Waals surface area contributed by atoms with Crippen LogP contribution in [0, 0.1) is 0 Å². The summed E-state index contributed by atoms with van der Waals surface area (Å²) in [5.74, 6) is 0. The van der Waals surface area contributed by atoms with Crippen molar-refractivity contribution in [3.63, 3.8) is 0 Å². The summed E-state index contributed by atoms with van der Waals surface area (Å²) in [4.78, 5) is 1.45. The van der Waals surface area contributed by atoms with Crippen molar-refractivity contribution in [1.29, 1.82) is 0 Å². The Bertz CT molecular complexity index is 159. The van der Waals surface area contributed by atoms with Gasteiger partial charge in [0.1, 0.15) is 0 Å². The lowest BCUT2D eigenvalue weighted by atomic mass is 10.1. The summed E-state index contributed by atoms with van der Waals surface area (Å²) in [6.07, 6.45) is -4.07. The summed E-state index contributed by atoms with van der Waals surface area (Å²) in [5.41, 5.74) is 0. The van der Waals surface area contributed by atoms with Gasteiger partial charge in [-0.05, 0) is 13.8 Å². The Morgan fingerprint density at radius 1 is 1.23 bits per heavy atom. The van der Waals surface area contributed by atoms with Crippen LogP contribution >= 0.6 is 0 Å². The third-order valence-electron chi connectivity index (χ3n) is 2.04. The highest BCUT2D eigenvalue weighted by atomic mass is 19.4. The molecule has 2 unspecified atom stereocenters. The van der Waals surface area contributed by atoms with E-state index in [1.807, 2.05) is 13.8 Å². The Labute approximate surface area is 76.1 Å². The van der Waals surface area contributed by atoms with E-state index < -0.39 is 12.7 Å². The lowest BCUT2D eigenvalue weighted by molar-refractivity contribution is -0.149. The molecule has 0 saturated carbocycles. The average molecular weight is 196 g/mol. The van der Waals surface area contributed by atoms with Gasteiger partial charge < -0.3 is 5.32 Å². The number of hydrogen-bond donors (Lipinski definition) is 1. The fourth-order valence-electron chi connectivity index (χ4n) is 1.82. The van der Waals surface area contributed by atoms with Crippen molar-refractivity contribution in [3.05, 3.63) is 0 Å². The van der Waals surface area contributed by atoms with Crippen molar-refractivity contribution in [3.8, 4) is 0 Å². The highest BCUT2D eigenvalue weighted by Crippen LogP contribution is 2.18. The predicted molar refractivity (Wildman–Crippen MR) is 44.6 cm³/mol. The molecule has 1 heterocycles. The molecular formula is C8H15F3N2. The number of nitrogens with one attached hydrogen (secondary N) is 1. The molecule has 0 amide bonds. The van der Waals surface area contributed by atoms with E-state index in [4.69, 9.17) is 0 Å². The molecule has 13 heavy (non-hydrogen) atoms. The SMILES string of the molecule is CC1CN(CC(F)(F)F)CC(C)N1. The van der Waals surface area contributed by atoms with E-state index in [0.29, 0.717) is 13.1 Å². The zero-order valence-corrected chi connectivity index (χ0v) is 7.86. The molecule has 2 nitrogen and oxygen atoms in total. The van der Waals surface area contributed by atoms with Gasteiger partial charge in [-0.1, -0.05) is 0 Å². The second-order valence-corrected chi connectivity index (χ2v) is 3.78. The predicted octanol–water partition coefficient (Wildman–Crippen LogP) is 1.23. The number of rotatable bonds is 1. The maximum Gasteiger partial charge on any atom is 0.401 e. The standard InChI is InChI=1S/C8H15F3N2/c1-6-3-13(4-7(2)12-6)5-8(9,10)11/h6-7,12H,3-5H2,1-2H3. The van der Waals surface area contributed by atoms with Gasteiger partial charge in [-0.25, -0.2) is 0 Å². The van der Waals surface area contributed by atoms with Gasteiger partial charge in [-0.15, -0.1) is 0 Å². The topological polar surface area (TPSA) is 15.3 Å². The summed E-state index contributed by atoms with van der Waals surface area (Å²) in [6.45, 7) is 3.97. The van der Waals surface area contributed by atoms with Crippen molar-refractivity contribution in [2.45, 2.75) is 32.1 Å². The molecule has 5 heteroatoms. The second kappa shape index (κ2) is 3.84. The number of alkyl halides is 3. The smallest absolute Gasteiger partial charge is 0.309 e. The number of halogens is 3. The van der Waals surface area contributed by atoms with Gasteiger partial charge in [0.15, 0.2) is 0 Å². The molecule has 1 rings (SSSR count). The molecule has 1 N–H and O–H groups in total. The molecule has 0 aliphatic carbocycles. The molecule has 0 bridgehead atoms. The van der Waals surface area contributed by atoms with E-state index in [9.17, 15) is 13.2 Å². The van der Waals surface area contributed by atoms with E-state index in [2.05, 4.69) is 5.32 Å². The van der Waals surface area contributed by atoms with Crippen LogP contribution in [0.3, 0.4) is 0 Å². The van der Waals surface area contributed by atoms with Crippen molar-refractivity contribution in [2.24, 2.45) is 0 Å². The molecule has 1 aliphatic rings. The minimum atomic E-state index is -4.07. The van der Waals surface area contributed by atoms with E-state index in [1.54, 1.807) is 0 Å². The lowest BCUT2D eigenvalue weighted by Gasteiger charge is -2.36. The second-order valence-electron chi connectivity index (χ2n) is 3.78. The summed E-state index contributed by atoms with van der Waals surface area (Å²) >= 11 is 0. The third-order valence-corrected chi connectivity index (χ3v) is 2.04. The van der Waals surface area contributed by atoms with E-state index in [0.717, 1.165) is 0 Å². The Kier molecular flexibility index (Phi) is 3.18. The fourth-order valence-corrected chi connectivity index (χ4v) is 1.82. The molecule has 2 atom stereocenters. The highest BCUT2D eigenvalue weighted by Gasteiger charge is 2.33. The Morgan fingerprint density at radius 3 is 2.08 bits per heavy atom. The summed E-state index contributed by atoms with van der Waals surface area (Å²) in [7, 11) is 0. The quantitative estimate of drug-likeness (QED) is 0.678. The van der Waals surface area contributed by atoms with Crippen molar-refractivity contribution in [1.82, 2.24) is 10.2 Å². The monoisotopic (exact) mass is 196 g/mol. The van der Waals surface area contributed by atoms with Crippen LogP contribution in [0.2, 0.25) is 0 Å². The van der Waals surface area contributed by atoms with E-state index >= 15 is 0 Å². The van der Waals surface area contributed by atoms with E-state index in [-0.39, 0.29) is 12.1 Å². The Morgan fingerprint density at radius 2 is 1.69 bits per heavy atom. The highest BCUT2D eigenvalue weighted by molar-refractivity contribution is 4.81. The van der Waals surface area contributed by atoms with Crippen LogP contribution in [0.25, 0.3) is 0 Å². The summed E-state index contributed by atoms with van der Waals surface area (Å²) in [5, 5.41) is 3.19. The van der Waals surface area contributed by atoms with Gasteiger partial charge in [0.2, 0.25) is 0 Å². The van der Waals surface area contributed by atoms with Gasteiger partial charge in [0, 0.05) is 25.2 Å². The van der Waals surface area contributed by atoms with Crippen molar-refractivity contribution < 1.29 is 13.2 Å². The van der Waals surface area contributed by atoms with Crippen molar-refractivity contribution in [2.75, 3.05) is 19.6 Å². The maximum absolute atomic E-state index is 12.0. The lowest BCUT2D eigenvalue weighted by Crippen LogP contribution is -2.55. The van der Waals surface area contributed by atoms with Crippen LogP contribution in [-0.4, -0.2) is 42.8 Å². The third kappa shape index (κ3) is 3.95. The fraction of sp³-hybridized carbons (Fsp3) is 1.00. The zero-order chi connectivity index (χ0) is 10.1. The first-order chi connectivity index (χ1) is 5.87. The normalized spacial score (nSPS) is 32.1. The molecule has 0 spiro atoms. The first-order valence-electron chi connectivity index (χ1n) is 4.42. The van der Waals surface area contributed by atoms with Gasteiger partial charge in [0.25, 0.3) is 0 Å². The first kappa shape index (κ1) is 10.8. The van der Waals surface area contributed by atoms with Crippen molar-refractivity contribution >= 4 is 0 Å². The van der Waals surface area contributed by atoms with Gasteiger partial charge in [-0.3, -0.25) is 4.90 Å². The molecule has 1 saturated heterocycles. The largest absolute Gasteiger partial charge is 0.401 e. The van der Waals surface area contributed by atoms with E-state index in [1.165, 1.54) is 4.90 Å². The molecule has 0 aromatic carbocycles. The van der Waals surface area contributed by atoms with Crippen LogP contribution in [0.15, 0.2) is 0 Å². The van der Waals surface area contributed by atoms with Crippen LogP contribution in [0.5, 0.6) is 0 Å². The molecule has 78 valence electrons. The molecule has 1 aliphatic heterocycles. The summed E-state index contributed by atoms with van der Waals surface area (Å²) < 4.78 is 36.1. The Hall–Kier alpha value is -0.290. The van der Waals surface area contributed by atoms with Gasteiger partial charge >= 0.3 is 6.18 Å². The first-order valence-corrected chi connectivity index (χ1v) is 4.42. The number of piperazine rings is 1. The minimum Gasteiger partial charge on any atom is -0.309 e. The number of nitrogens with zero attached hydrogens (tertiary/aromatic N) is 1. The number of hydrogen-bond acceptors (Lipinski definition) is 2. The molecule has 1 fully saturated rings. The van der Waals surface area contributed by atoms with Crippen LogP contribution in [-0.2, 0) is 0 Å². The molecule has 0 aromatic rings. The van der Waals surface area contributed by atoms with Gasteiger partial charge in [-0.2, -0.15) is 13.2 Å². The van der Waals surface area contributed by atoms with Crippen LogP contribution in [0.1, 0.15) is 13.8 Å². The molecular weight excluding hydrogens is 181 g/mol. The average Bonchev–Trinajstić information content (AvgIpc) is 1.78. The molecule has 0 radical (unpaired) electrons. The zero-order valence-electron chi connectivity index (χ0n) is 7.86.